The van der Waals surface area contributed by atoms with Crippen LogP contribution in [0.1, 0.15) is 45.2 Å². The predicted molar refractivity (Wildman–Crippen MR) is 69.4 cm³/mol. The first-order valence-corrected chi connectivity index (χ1v) is 6.45. The number of aromatic nitrogens is 1. The van der Waals surface area contributed by atoms with Gasteiger partial charge >= 0.3 is 0 Å². The maximum atomic E-state index is 11.9. The van der Waals surface area contributed by atoms with E-state index in [0.717, 1.165) is 31.4 Å². The second kappa shape index (κ2) is 7.82. The molecule has 0 bridgehead atoms. The minimum atomic E-state index is 0.152. The standard InChI is InChI=1S/C14H22N2O/c1-3-5-8-12(4-2)14(17)16-11-13-9-6-7-10-15-13/h6-7,9-10,12H,3-5,8,11H2,1-2H3,(H,16,17)/t12-/m1/s1. The highest BCUT2D eigenvalue weighted by Crippen LogP contribution is 2.12. The molecule has 0 saturated carbocycles. The molecule has 3 nitrogen and oxygen atoms in total. The largest absolute Gasteiger partial charge is 0.350 e. The summed E-state index contributed by atoms with van der Waals surface area (Å²) in [6.07, 6.45) is 5.91. The van der Waals surface area contributed by atoms with Crippen LogP contribution in [0.2, 0.25) is 0 Å². The van der Waals surface area contributed by atoms with Gasteiger partial charge in [-0.05, 0) is 25.0 Å². The van der Waals surface area contributed by atoms with Crippen LogP contribution in [0.15, 0.2) is 24.4 Å². The summed E-state index contributed by atoms with van der Waals surface area (Å²) in [7, 11) is 0. The highest BCUT2D eigenvalue weighted by Gasteiger charge is 2.15. The zero-order valence-corrected chi connectivity index (χ0v) is 10.8. The summed E-state index contributed by atoms with van der Waals surface area (Å²) in [5.41, 5.74) is 0.909. The fourth-order valence-electron chi connectivity index (χ4n) is 1.80. The lowest BCUT2D eigenvalue weighted by molar-refractivity contribution is -0.125. The van der Waals surface area contributed by atoms with Crippen LogP contribution in [0.5, 0.6) is 0 Å². The fraction of sp³-hybridized carbons (Fsp3) is 0.571. The smallest absolute Gasteiger partial charge is 0.223 e. The Balaban J connectivity index is 2.37. The predicted octanol–water partition coefficient (Wildman–Crippen LogP) is 2.91. The van der Waals surface area contributed by atoms with E-state index in [4.69, 9.17) is 0 Å². The van der Waals surface area contributed by atoms with Gasteiger partial charge < -0.3 is 5.32 Å². The summed E-state index contributed by atoms with van der Waals surface area (Å²) in [5, 5.41) is 2.96. The molecule has 0 radical (unpaired) electrons. The van der Waals surface area contributed by atoms with E-state index in [0.29, 0.717) is 6.54 Å². The molecule has 0 saturated heterocycles. The Labute approximate surface area is 104 Å². The topological polar surface area (TPSA) is 42.0 Å². The molecule has 0 spiro atoms. The van der Waals surface area contributed by atoms with E-state index in [1.54, 1.807) is 6.20 Å². The molecule has 0 fully saturated rings. The van der Waals surface area contributed by atoms with Crippen molar-refractivity contribution in [1.29, 1.82) is 0 Å². The number of nitrogens with zero attached hydrogens (tertiary/aromatic N) is 1. The van der Waals surface area contributed by atoms with E-state index in [1.807, 2.05) is 18.2 Å². The molecule has 0 aliphatic carbocycles. The fourth-order valence-corrected chi connectivity index (χ4v) is 1.80. The van der Waals surface area contributed by atoms with Crippen molar-refractivity contribution in [2.24, 2.45) is 5.92 Å². The molecule has 17 heavy (non-hydrogen) atoms. The highest BCUT2D eigenvalue weighted by atomic mass is 16.1. The van der Waals surface area contributed by atoms with E-state index < -0.39 is 0 Å². The molecule has 0 aliphatic rings. The normalized spacial score (nSPS) is 12.1. The summed E-state index contributed by atoms with van der Waals surface area (Å²) < 4.78 is 0. The highest BCUT2D eigenvalue weighted by molar-refractivity contribution is 5.78. The molecule has 1 rings (SSSR count). The van der Waals surface area contributed by atoms with Crippen LogP contribution in [0.4, 0.5) is 0 Å². The number of hydrogen-bond donors (Lipinski definition) is 1. The van der Waals surface area contributed by atoms with Crippen molar-refractivity contribution in [3.63, 3.8) is 0 Å². The van der Waals surface area contributed by atoms with Gasteiger partial charge in [0, 0.05) is 12.1 Å². The van der Waals surface area contributed by atoms with Crippen LogP contribution in [0.3, 0.4) is 0 Å². The Kier molecular flexibility index (Phi) is 6.30. The maximum Gasteiger partial charge on any atom is 0.223 e. The summed E-state index contributed by atoms with van der Waals surface area (Å²) in [6, 6.07) is 5.73. The molecule has 1 amide bonds. The Morgan fingerprint density at radius 1 is 1.41 bits per heavy atom. The first-order valence-electron chi connectivity index (χ1n) is 6.45. The summed E-state index contributed by atoms with van der Waals surface area (Å²) in [6.45, 7) is 4.75. The van der Waals surface area contributed by atoms with Crippen molar-refractivity contribution in [1.82, 2.24) is 10.3 Å². The lowest BCUT2D eigenvalue weighted by Crippen LogP contribution is -2.30. The third kappa shape index (κ3) is 4.98. The van der Waals surface area contributed by atoms with E-state index in [2.05, 4.69) is 24.1 Å². The first kappa shape index (κ1) is 13.7. The molecule has 3 heteroatoms. The van der Waals surface area contributed by atoms with E-state index in [9.17, 15) is 4.79 Å². The minimum Gasteiger partial charge on any atom is -0.350 e. The van der Waals surface area contributed by atoms with Gasteiger partial charge in [-0.3, -0.25) is 9.78 Å². The van der Waals surface area contributed by atoms with Gasteiger partial charge in [-0.15, -0.1) is 0 Å². The van der Waals surface area contributed by atoms with Gasteiger partial charge in [0.2, 0.25) is 5.91 Å². The summed E-state index contributed by atoms with van der Waals surface area (Å²) in [5.74, 6) is 0.310. The molecule has 0 unspecified atom stereocenters. The van der Waals surface area contributed by atoms with Crippen LogP contribution in [0.25, 0.3) is 0 Å². The Morgan fingerprint density at radius 3 is 2.82 bits per heavy atom. The number of amides is 1. The van der Waals surface area contributed by atoms with Gasteiger partial charge in [-0.25, -0.2) is 0 Å². The SMILES string of the molecule is CCCC[C@@H](CC)C(=O)NCc1ccccn1. The van der Waals surface area contributed by atoms with Crippen molar-refractivity contribution in [2.75, 3.05) is 0 Å². The van der Waals surface area contributed by atoms with Gasteiger partial charge in [-0.1, -0.05) is 32.8 Å². The van der Waals surface area contributed by atoms with Crippen LogP contribution in [0, 0.1) is 5.92 Å². The third-order valence-electron chi connectivity index (χ3n) is 2.94. The molecular formula is C14H22N2O. The quantitative estimate of drug-likeness (QED) is 0.788. The second-order valence-corrected chi connectivity index (χ2v) is 4.29. The molecule has 1 atom stereocenters. The monoisotopic (exact) mass is 234 g/mol. The molecule has 0 aromatic carbocycles. The lowest BCUT2D eigenvalue weighted by Gasteiger charge is -2.14. The van der Waals surface area contributed by atoms with Crippen molar-refractivity contribution in [3.05, 3.63) is 30.1 Å². The van der Waals surface area contributed by atoms with Crippen LogP contribution >= 0.6 is 0 Å². The Hall–Kier alpha value is -1.38. The number of nitrogens with one attached hydrogen (secondary N) is 1. The summed E-state index contributed by atoms with van der Waals surface area (Å²) in [4.78, 5) is 16.1. The van der Waals surface area contributed by atoms with Crippen molar-refractivity contribution in [2.45, 2.75) is 46.1 Å². The number of unbranched alkanes of at least 4 members (excludes halogenated alkanes) is 1. The maximum absolute atomic E-state index is 11.9. The Morgan fingerprint density at radius 2 is 2.24 bits per heavy atom. The number of carbonyl (C=O) groups excluding carboxylic acids is 1. The zero-order valence-electron chi connectivity index (χ0n) is 10.8. The van der Waals surface area contributed by atoms with Gasteiger partial charge in [0.05, 0.1) is 12.2 Å². The van der Waals surface area contributed by atoms with Crippen molar-refractivity contribution in [3.8, 4) is 0 Å². The average molecular weight is 234 g/mol. The third-order valence-corrected chi connectivity index (χ3v) is 2.94. The van der Waals surface area contributed by atoms with Gasteiger partial charge in [0.1, 0.15) is 0 Å². The zero-order chi connectivity index (χ0) is 12.5. The van der Waals surface area contributed by atoms with Crippen LogP contribution < -0.4 is 5.32 Å². The molecule has 1 heterocycles. The first-order chi connectivity index (χ1) is 8.27. The van der Waals surface area contributed by atoms with Gasteiger partial charge in [-0.2, -0.15) is 0 Å². The van der Waals surface area contributed by atoms with Crippen molar-refractivity contribution >= 4 is 5.91 Å². The van der Waals surface area contributed by atoms with E-state index in [-0.39, 0.29) is 11.8 Å². The molecule has 94 valence electrons. The van der Waals surface area contributed by atoms with E-state index >= 15 is 0 Å². The number of carbonyl (C=O) groups is 1. The molecule has 1 aromatic rings. The second-order valence-electron chi connectivity index (χ2n) is 4.29. The van der Waals surface area contributed by atoms with Gasteiger partial charge in [0.15, 0.2) is 0 Å². The molecular weight excluding hydrogens is 212 g/mol. The number of pyridine rings is 1. The number of hydrogen-bond acceptors (Lipinski definition) is 2. The molecule has 1 N–H and O–H groups in total. The average Bonchev–Trinajstić information content (AvgIpc) is 2.38. The summed E-state index contributed by atoms with van der Waals surface area (Å²) >= 11 is 0. The molecule has 1 aromatic heterocycles. The van der Waals surface area contributed by atoms with Crippen molar-refractivity contribution < 1.29 is 4.79 Å². The van der Waals surface area contributed by atoms with Crippen LogP contribution in [-0.2, 0) is 11.3 Å². The lowest BCUT2D eigenvalue weighted by atomic mass is 9.98. The van der Waals surface area contributed by atoms with Crippen LogP contribution in [-0.4, -0.2) is 10.9 Å². The minimum absolute atomic E-state index is 0.152. The number of rotatable bonds is 7. The van der Waals surface area contributed by atoms with E-state index in [1.165, 1.54) is 0 Å². The Bertz CT molecular complexity index is 324. The van der Waals surface area contributed by atoms with Gasteiger partial charge in [0.25, 0.3) is 0 Å². The molecule has 0 aliphatic heterocycles.